The van der Waals surface area contributed by atoms with E-state index in [1.165, 1.54) is 22.3 Å². The minimum Gasteiger partial charge on any atom is -0.454 e. The van der Waals surface area contributed by atoms with Gasteiger partial charge in [0.15, 0.2) is 11.5 Å². The molecule has 0 bridgehead atoms. The predicted molar refractivity (Wildman–Crippen MR) is 99.9 cm³/mol. The molecule has 0 saturated heterocycles. The van der Waals surface area contributed by atoms with Crippen LogP contribution in [0.2, 0.25) is 0 Å². The van der Waals surface area contributed by atoms with Crippen molar-refractivity contribution in [3.63, 3.8) is 0 Å². The maximum Gasteiger partial charge on any atom is 0.231 e. The molecule has 2 aliphatic rings. The number of fused-ring (bicyclic) bond motifs is 4. The molecule has 1 heterocycles. The Morgan fingerprint density at radius 1 is 0.760 bits per heavy atom. The molecular weight excluding hydrogens is 310 g/mol. The molecule has 0 radical (unpaired) electrons. The highest BCUT2D eigenvalue weighted by atomic mass is 16.7. The maximum atomic E-state index is 5.46. The number of benzene rings is 3. The summed E-state index contributed by atoms with van der Waals surface area (Å²) in [6, 6.07) is 21.3. The van der Waals surface area contributed by atoms with Gasteiger partial charge >= 0.3 is 0 Å². The van der Waals surface area contributed by atoms with Gasteiger partial charge in [0.2, 0.25) is 6.79 Å². The lowest BCUT2D eigenvalue weighted by Gasteiger charge is -2.22. The van der Waals surface area contributed by atoms with Gasteiger partial charge < -0.3 is 14.8 Å². The number of rotatable bonds is 2. The Hall–Kier alpha value is -2.94. The number of nitrogens with one attached hydrogen (secondary N) is 1. The fourth-order valence-electron chi connectivity index (χ4n) is 3.92. The first-order valence-corrected chi connectivity index (χ1v) is 8.54. The van der Waals surface area contributed by atoms with Crippen molar-refractivity contribution in [3.8, 4) is 22.6 Å². The van der Waals surface area contributed by atoms with Crippen LogP contribution in [-0.4, -0.2) is 6.79 Å². The van der Waals surface area contributed by atoms with E-state index in [1.54, 1.807) is 0 Å². The molecule has 3 nitrogen and oxygen atoms in total. The van der Waals surface area contributed by atoms with E-state index < -0.39 is 0 Å². The minimum absolute atomic E-state index is 0.0124. The molecular formula is C22H19NO2. The minimum atomic E-state index is 0.0124. The summed E-state index contributed by atoms with van der Waals surface area (Å²) in [5.74, 6) is 1.59. The van der Waals surface area contributed by atoms with Crippen LogP contribution in [0.4, 0.5) is 11.4 Å². The highest BCUT2D eigenvalue weighted by Gasteiger charge is 2.35. The Balaban J connectivity index is 1.53. The van der Waals surface area contributed by atoms with Crippen molar-refractivity contribution >= 4 is 11.4 Å². The molecule has 124 valence electrons. The Labute approximate surface area is 147 Å². The third-order valence-electron chi connectivity index (χ3n) is 5.24. The Kier molecular flexibility index (Phi) is 2.90. The zero-order valence-corrected chi connectivity index (χ0v) is 14.3. The molecule has 0 saturated carbocycles. The zero-order chi connectivity index (χ0) is 17.0. The summed E-state index contributed by atoms with van der Waals surface area (Å²) in [6.45, 7) is 4.88. The topological polar surface area (TPSA) is 30.5 Å². The van der Waals surface area contributed by atoms with Crippen LogP contribution < -0.4 is 14.8 Å². The zero-order valence-electron chi connectivity index (χ0n) is 14.3. The summed E-state index contributed by atoms with van der Waals surface area (Å²) in [4.78, 5) is 0. The summed E-state index contributed by atoms with van der Waals surface area (Å²) in [5, 5.41) is 3.49. The summed E-state index contributed by atoms with van der Waals surface area (Å²) < 4.78 is 10.8. The number of anilines is 2. The molecule has 3 heteroatoms. The molecule has 1 N–H and O–H groups in total. The van der Waals surface area contributed by atoms with E-state index in [0.717, 1.165) is 22.9 Å². The molecule has 5 rings (SSSR count). The van der Waals surface area contributed by atoms with E-state index in [1.807, 2.05) is 18.2 Å². The molecule has 0 spiro atoms. The maximum absolute atomic E-state index is 5.46. The van der Waals surface area contributed by atoms with Crippen LogP contribution in [-0.2, 0) is 5.41 Å². The number of hydrogen-bond acceptors (Lipinski definition) is 3. The first-order chi connectivity index (χ1) is 12.1. The van der Waals surface area contributed by atoms with Crippen molar-refractivity contribution in [2.24, 2.45) is 0 Å². The fourth-order valence-corrected chi connectivity index (χ4v) is 3.92. The van der Waals surface area contributed by atoms with Crippen molar-refractivity contribution in [2.45, 2.75) is 19.3 Å². The molecule has 1 aliphatic heterocycles. The van der Waals surface area contributed by atoms with E-state index in [4.69, 9.17) is 9.47 Å². The van der Waals surface area contributed by atoms with Crippen LogP contribution in [0.25, 0.3) is 11.1 Å². The molecule has 3 aromatic rings. The van der Waals surface area contributed by atoms with Crippen molar-refractivity contribution in [2.75, 3.05) is 12.1 Å². The lowest BCUT2D eigenvalue weighted by atomic mass is 9.82. The second-order valence-electron chi connectivity index (χ2n) is 7.12. The van der Waals surface area contributed by atoms with E-state index in [0.29, 0.717) is 6.79 Å². The van der Waals surface area contributed by atoms with E-state index >= 15 is 0 Å². The van der Waals surface area contributed by atoms with Gasteiger partial charge in [-0.1, -0.05) is 44.2 Å². The molecule has 0 fully saturated rings. The van der Waals surface area contributed by atoms with Crippen LogP contribution in [0.15, 0.2) is 60.7 Å². The summed E-state index contributed by atoms with van der Waals surface area (Å²) in [6.07, 6.45) is 0. The quantitative estimate of drug-likeness (QED) is 0.676. The van der Waals surface area contributed by atoms with Crippen LogP contribution in [0.1, 0.15) is 25.0 Å². The molecule has 25 heavy (non-hydrogen) atoms. The van der Waals surface area contributed by atoms with Gasteiger partial charge in [-0.3, -0.25) is 0 Å². The average Bonchev–Trinajstić information content (AvgIpc) is 3.17. The van der Waals surface area contributed by atoms with Crippen molar-refractivity contribution < 1.29 is 9.47 Å². The van der Waals surface area contributed by atoms with Crippen LogP contribution in [0.3, 0.4) is 0 Å². The predicted octanol–water partition coefficient (Wildman–Crippen LogP) is 5.47. The van der Waals surface area contributed by atoms with Gasteiger partial charge in [-0.15, -0.1) is 0 Å². The van der Waals surface area contributed by atoms with Gasteiger partial charge in [0.25, 0.3) is 0 Å². The highest BCUT2D eigenvalue weighted by Crippen LogP contribution is 2.49. The standard InChI is InChI=1S/C22H19NO2/c1-22(2)18-6-4-3-5-16(18)17-9-7-14(11-19(17)22)23-15-8-10-20-21(12-15)25-13-24-20/h3-12,23H,13H2,1-2H3. The van der Waals surface area contributed by atoms with Crippen molar-refractivity contribution in [3.05, 3.63) is 71.8 Å². The van der Waals surface area contributed by atoms with E-state index in [9.17, 15) is 0 Å². The van der Waals surface area contributed by atoms with Crippen LogP contribution in [0.5, 0.6) is 11.5 Å². The Morgan fingerprint density at radius 2 is 1.48 bits per heavy atom. The third-order valence-corrected chi connectivity index (χ3v) is 5.24. The molecule has 3 aromatic carbocycles. The SMILES string of the molecule is CC1(C)c2ccccc2-c2ccc(Nc3ccc4c(c3)OCO4)cc21. The first-order valence-electron chi connectivity index (χ1n) is 8.54. The van der Waals surface area contributed by atoms with Gasteiger partial charge in [0, 0.05) is 22.9 Å². The van der Waals surface area contributed by atoms with Gasteiger partial charge in [-0.25, -0.2) is 0 Å². The second-order valence-corrected chi connectivity index (χ2v) is 7.12. The fraction of sp³-hybridized carbons (Fsp3) is 0.182. The van der Waals surface area contributed by atoms with Crippen LogP contribution >= 0.6 is 0 Å². The van der Waals surface area contributed by atoms with Gasteiger partial charge in [0.1, 0.15) is 0 Å². The lowest BCUT2D eigenvalue weighted by Crippen LogP contribution is -2.15. The van der Waals surface area contributed by atoms with E-state index in [-0.39, 0.29) is 5.41 Å². The highest BCUT2D eigenvalue weighted by molar-refractivity contribution is 5.83. The van der Waals surface area contributed by atoms with Crippen molar-refractivity contribution in [1.29, 1.82) is 0 Å². The molecule has 0 amide bonds. The Bertz CT molecular complexity index is 991. The lowest BCUT2D eigenvalue weighted by molar-refractivity contribution is 0.174. The molecule has 0 unspecified atom stereocenters. The van der Waals surface area contributed by atoms with Crippen LogP contribution in [0, 0.1) is 0 Å². The molecule has 1 aliphatic carbocycles. The van der Waals surface area contributed by atoms with E-state index in [2.05, 4.69) is 61.6 Å². The summed E-state index contributed by atoms with van der Waals surface area (Å²) in [5.41, 5.74) is 7.52. The second kappa shape index (κ2) is 5.03. The number of hydrogen-bond donors (Lipinski definition) is 1. The Morgan fingerprint density at radius 3 is 2.40 bits per heavy atom. The normalized spacial score (nSPS) is 15.6. The number of ether oxygens (including phenoxy) is 2. The third kappa shape index (κ3) is 2.12. The summed E-state index contributed by atoms with van der Waals surface area (Å²) >= 11 is 0. The monoisotopic (exact) mass is 329 g/mol. The molecule has 0 aromatic heterocycles. The van der Waals surface area contributed by atoms with Crippen molar-refractivity contribution in [1.82, 2.24) is 0 Å². The van der Waals surface area contributed by atoms with Gasteiger partial charge in [-0.05, 0) is 46.5 Å². The smallest absolute Gasteiger partial charge is 0.231 e. The molecule has 0 atom stereocenters. The average molecular weight is 329 g/mol. The largest absolute Gasteiger partial charge is 0.454 e. The first kappa shape index (κ1) is 14.4. The van der Waals surface area contributed by atoms with Gasteiger partial charge in [-0.2, -0.15) is 0 Å². The summed E-state index contributed by atoms with van der Waals surface area (Å²) in [7, 11) is 0. The van der Waals surface area contributed by atoms with Gasteiger partial charge in [0.05, 0.1) is 0 Å².